The van der Waals surface area contributed by atoms with Gasteiger partial charge in [-0.25, -0.2) is 22.8 Å². The van der Waals surface area contributed by atoms with Crippen LogP contribution < -0.4 is 5.32 Å². The fraction of sp³-hybridized carbons (Fsp3) is 0.400. The summed E-state index contributed by atoms with van der Waals surface area (Å²) >= 11 is 0. The molecule has 0 aromatic heterocycles. The molecule has 1 fully saturated rings. The topological polar surface area (TPSA) is 119 Å². The summed E-state index contributed by atoms with van der Waals surface area (Å²) in [7, 11) is -2.61. The minimum absolute atomic E-state index is 0.00222. The lowest BCUT2D eigenvalue weighted by atomic mass is 10.1. The van der Waals surface area contributed by atoms with Crippen molar-refractivity contribution in [2.45, 2.75) is 42.8 Å². The average molecular weight is 503 g/mol. The van der Waals surface area contributed by atoms with Crippen molar-refractivity contribution < 1.29 is 32.3 Å². The smallest absolute Gasteiger partial charge is 0.340 e. The summed E-state index contributed by atoms with van der Waals surface area (Å²) in [6, 6.07) is 12.1. The van der Waals surface area contributed by atoms with Gasteiger partial charge in [-0.15, -0.1) is 0 Å². The number of nitrogens with zero attached hydrogens (tertiary/aromatic N) is 1. The molecule has 1 saturated heterocycles. The van der Waals surface area contributed by atoms with Gasteiger partial charge in [0.1, 0.15) is 0 Å². The number of carbonyl (C=O) groups is 3. The Bertz CT molecular complexity index is 1170. The van der Waals surface area contributed by atoms with Crippen molar-refractivity contribution in [3.8, 4) is 0 Å². The molecule has 0 spiro atoms. The van der Waals surface area contributed by atoms with Crippen LogP contribution in [0.1, 0.15) is 53.3 Å². The maximum Gasteiger partial charge on any atom is 0.340 e. The van der Waals surface area contributed by atoms with E-state index in [1.807, 2.05) is 6.92 Å². The van der Waals surface area contributed by atoms with E-state index in [2.05, 4.69) is 5.32 Å². The number of hydrogen-bond donors (Lipinski definition) is 1. The maximum absolute atomic E-state index is 13.2. The van der Waals surface area contributed by atoms with E-state index in [0.717, 1.165) is 12.8 Å². The summed E-state index contributed by atoms with van der Waals surface area (Å²) in [5.41, 5.74) is 0.590. The summed E-state index contributed by atoms with van der Waals surface area (Å²) in [5, 5.41) is 2.01. The predicted molar refractivity (Wildman–Crippen MR) is 130 cm³/mol. The van der Waals surface area contributed by atoms with Gasteiger partial charge >= 0.3 is 18.0 Å². The Labute approximate surface area is 205 Å². The standard InChI is InChI=1S/C25H30N2O7S/c1-3-4-17-34-24(29)19-9-5-7-11-21(19)26-25(30)27-15-13-18(14-16-27)35(31,32)22-12-8-6-10-20(22)23(28)33-2/h5-12,18H,3-4,13-17H2,1-2H3,(H,26,30). The van der Waals surface area contributed by atoms with Crippen LogP contribution in [0.25, 0.3) is 0 Å². The largest absolute Gasteiger partial charge is 0.465 e. The number of rotatable bonds is 8. The number of carbonyl (C=O) groups excluding carboxylic acids is 3. The molecule has 1 aliphatic rings. The first kappa shape index (κ1) is 26.2. The quantitative estimate of drug-likeness (QED) is 0.429. The van der Waals surface area contributed by atoms with Crippen molar-refractivity contribution in [1.29, 1.82) is 0 Å². The van der Waals surface area contributed by atoms with Gasteiger partial charge in [0.15, 0.2) is 9.84 Å². The Morgan fingerprint density at radius 1 is 0.971 bits per heavy atom. The molecule has 188 valence electrons. The van der Waals surface area contributed by atoms with E-state index in [0.29, 0.717) is 12.3 Å². The summed E-state index contributed by atoms with van der Waals surface area (Å²) in [5.74, 6) is -1.23. The van der Waals surface area contributed by atoms with Crippen molar-refractivity contribution in [3.63, 3.8) is 0 Å². The van der Waals surface area contributed by atoms with Crippen molar-refractivity contribution in [2.75, 3.05) is 32.1 Å². The molecule has 10 heteroatoms. The van der Waals surface area contributed by atoms with Crippen LogP contribution in [0.5, 0.6) is 0 Å². The third-order valence-electron chi connectivity index (χ3n) is 5.89. The number of benzene rings is 2. The molecule has 2 aromatic rings. The van der Waals surface area contributed by atoms with Crippen LogP contribution >= 0.6 is 0 Å². The zero-order valence-corrected chi connectivity index (χ0v) is 20.7. The van der Waals surface area contributed by atoms with Gasteiger partial charge in [0, 0.05) is 13.1 Å². The minimum Gasteiger partial charge on any atom is -0.465 e. The molecular weight excluding hydrogens is 472 g/mol. The third-order valence-corrected chi connectivity index (χ3v) is 8.20. The number of esters is 2. The van der Waals surface area contributed by atoms with Crippen LogP contribution in [0.3, 0.4) is 0 Å². The van der Waals surface area contributed by atoms with E-state index >= 15 is 0 Å². The molecule has 35 heavy (non-hydrogen) atoms. The molecular formula is C25H30N2O7S. The number of likely N-dealkylation sites (tertiary alicyclic amines) is 1. The van der Waals surface area contributed by atoms with Crippen LogP contribution in [0.4, 0.5) is 10.5 Å². The SMILES string of the molecule is CCCCOC(=O)c1ccccc1NC(=O)N1CCC(S(=O)(=O)c2ccccc2C(=O)OC)CC1. The summed E-state index contributed by atoms with van der Waals surface area (Å²) in [4.78, 5) is 38.8. The number of para-hydroxylation sites is 1. The van der Waals surface area contributed by atoms with Crippen LogP contribution in [0.15, 0.2) is 53.4 Å². The lowest BCUT2D eigenvalue weighted by Crippen LogP contribution is -2.44. The highest BCUT2D eigenvalue weighted by atomic mass is 32.2. The Morgan fingerprint density at radius 2 is 1.60 bits per heavy atom. The average Bonchev–Trinajstić information content (AvgIpc) is 2.88. The van der Waals surface area contributed by atoms with Gasteiger partial charge in [-0.1, -0.05) is 37.6 Å². The zero-order valence-electron chi connectivity index (χ0n) is 19.9. The first-order valence-corrected chi connectivity index (χ1v) is 13.1. The highest BCUT2D eigenvalue weighted by molar-refractivity contribution is 7.92. The van der Waals surface area contributed by atoms with Crippen molar-refractivity contribution in [1.82, 2.24) is 4.90 Å². The number of sulfone groups is 1. The van der Waals surface area contributed by atoms with Gasteiger partial charge in [-0.3, -0.25) is 0 Å². The summed E-state index contributed by atoms with van der Waals surface area (Å²) in [6.07, 6.45) is 2.08. The molecule has 1 heterocycles. The van der Waals surface area contributed by atoms with Gasteiger partial charge in [-0.2, -0.15) is 0 Å². The van der Waals surface area contributed by atoms with Gasteiger partial charge in [0.25, 0.3) is 0 Å². The molecule has 0 saturated carbocycles. The van der Waals surface area contributed by atoms with Crippen LogP contribution in [0, 0.1) is 0 Å². The maximum atomic E-state index is 13.2. The van der Waals surface area contributed by atoms with E-state index in [1.165, 1.54) is 24.1 Å². The Balaban J connectivity index is 1.66. The van der Waals surface area contributed by atoms with Gasteiger partial charge in [0.05, 0.1) is 40.7 Å². The predicted octanol–water partition coefficient (Wildman–Crippen LogP) is 3.90. The zero-order chi connectivity index (χ0) is 25.4. The number of piperidine rings is 1. The lowest BCUT2D eigenvalue weighted by molar-refractivity contribution is 0.0500. The molecule has 2 amide bonds. The number of amides is 2. The molecule has 3 rings (SSSR count). The van der Waals surface area contributed by atoms with E-state index in [4.69, 9.17) is 9.47 Å². The van der Waals surface area contributed by atoms with Crippen molar-refractivity contribution >= 4 is 33.5 Å². The second kappa shape index (κ2) is 11.8. The highest BCUT2D eigenvalue weighted by Gasteiger charge is 2.35. The number of anilines is 1. The van der Waals surface area contributed by atoms with Crippen LogP contribution in [-0.2, 0) is 19.3 Å². The molecule has 0 atom stereocenters. The Kier molecular flexibility index (Phi) is 8.86. The van der Waals surface area contributed by atoms with Crippen LogP contribution in [0.2, 0.25) is 0 Å². The second-order valence-electron chi connectivity index (χ2n) is 8.18. The summed E-state index contributed by atoms with van der Waals surface area (Å²) in [6.45, 7) is 2.71. The number of ether oxygens (including phenoxy) is 2. The second-order valence-corrected chi connectivity index (χ2v) is 10.4. The number of hydrogen-bond acceptors (Lipinski definition) is 7. The van der Waals surface area contributed by atoms with Crippen LogP contribution in [-0.4, -0.2) is 63.3 Å². The molecule has 0 aliphatic carbocycles. The molecule has 2 aromatic carbocycles. The Morgan fingerprint density at radius 3 is 2.26 bits per heavy atom. The molecule has 0 bridgehead atoms. The molecule has 1 N–H and O–H groups in total. The fourth-order valence-electron chi connectivity index (χ4n) is 3.89. The monoisotopic (exact) mass is 502 g/mol. The van der Waals surface area contributed by atoms with E-state index in [1.54, 1.807) is 36.4 Å². The minimum atomic E-state index is -3.81. The first-order valence-electron chi connectivity index (χ1n) is 11.5. The van der Waals surface area contributed by atoms with E-state index < -0.39 is 33.1 Å². The fourth-order valence-corrected chi connectivity index (χ4v) is 5.81. The molecule has 0 unspecified atom stereocenters. The normalized spacial score (nSPS) is 14.3. The molecule has 0 radical (unpaired) electrons. The Hall–Kier alpha value is -3.40. The third kappa shape index (κ3) is 6.19. The molecule has 1 aliphatic heterocycles. The van der Waals surface area contributed by atoms with Crippen molar-refractivity contribution in [2.24, 2.45) is 0 Å². The van der Waals surface area contributed by atoms with E-state index in [9.17, 15) is 22.8 Å². The van der Waals surface area contributed by atoms with Gasteiger partial charge in [-0.05, 0) is 43.5 Å². The van der Waals surface area contributed by atoms with E-state index in [-0.39, 0.29) is 42.0 Å². The number of unbranched alkanes of at least 4 members (excludes halogenated alkanes) is 1. The summed E-state index contributed by atoms with van der Waals surface area (Å²) < 4.78 is 36.5. The first-order chi connectivity index (χ1) is 16.8. The lowest BCUT2D eigenvalue weighted by Gasteiger charge is -2.32. The number of nitrogens with one attached hydrogen (secondary N) is 1. The van der Waals surface area contributed by atoms with Crippen molar-refractivity contribution in [3.05, 3.63) is 59.7 Å². The highest BCUT2D eigenvalue weighted by Crippen LogP contribution is 2.28. The van der Waals surface area contributed by atoms with Gasteiger partial charge < -0.3 is 19.7 Å². The van der Waals surface area contributed by atoms with Gasteiger partial charge in [0.2, 0.25) is 0 Å². The number of methoxy groups -OCH3 is 1. The number of urea groups is 1. The molecule has 9 nitrogen and oxygen atoms in total.